The number of nitrogens with zero attached hydrogens (tertiary/aromatic N) is 8. The van der Waals surface area contributed by atoms with Crippen molar-refractivity contribution in [3.05, 3.63) is 53.7 Å². The molecule has 0 radical (unpaired) electrons. The van der Waals surface area contributed by atoms with Crippen molar-refractivity contribution in [2.75, 3.05) is 48.3 Å². The van der Waals surface area contributed by atoms with E-state index in [2.05, 4.69) is 43.8 Å². The molecular formula is C24H30N8O2S. The second-order valence-corrected chi connectivity index (χ2v) is 11.2. The van der Waals surface area contributed by atoms with Gasteiger partial charge in [-0.05, 0) is 32.9 Å². The Bertz CT molecular complexity index is 1310. The number of anilines is 2. The zero-order valence-corrected chi connectivity index (χ0v) is 21.1. The molecule has 0 saturated carbocycles. The van der Waals surface area contributed by atoms with E-state index in [4.69, 9.17) is 9.97 Å². The molecule has 1 unspecified atom stereocenters. The maximum atomic E-state index is 12.2. The third kappa shape index (κ3) is 4.70. The number of fused-ring (bicyclic) bond motifs is 1. The SMILES string of the molecule is CCS(=O)(=O)N1CCN(c2cc(C)nc(N3CCc4nc(-c5ncccn5)ncc4C3C)c2)CC1. The van der Waals surface area contributed by atoms with Crippen LogP contribution in [0.2, 0.25) is 0 Å². The fraction of sp³-hybridized carbons (Fsp3) is 0.458. The van der Waals surface area contributed by atoms with E-state index in [1.165, 1.54) is 0 Å². The Labute approximate surface area is 206 Å². The normalized spacial score (nSPS) is 19.0. The molecule has 0 aromatic carbocycles. The number of hydrogen-bond acceptors (Lipinski definition) is 9. The Morgan fingerprint density at radius 3 is 2.43 bits per heavy atom. The summed E-state index contributed by atoms with van der Waals surface area (Å²) in [5, 5.41) is 0. The summed E-state index contributed by atoms with van der Waals surface area (Å²) in [5.41, 5.74) is 4.12. The van der Waals surface area contributed by atoms with Crippen LogP contribution in [0.5, 0.6) is 0 Å². The zero-order valence-electron chi connectivity index (χ0n) is 20.3. The Morgan fingerprint density at radius 1 is 0.971 bits per heavy atom. The summed E-state index contributed by atoms with van der Waals surface area (Å²) in [6.45, 7) is 8.98. The molecule has 11 heteroatoms. The van der Waals surface area contributed by atoms with Crippen LogP contribution < -0.4 is 9.80 Å². The standard InChI is InChI=1S/C24H30N8O2S/c1-4-35(33,34)31-12-10-30(11-13-31)19-14-17(2)28-22(15-19)32-9-6-21-20(18(32)3)16-27-24(29-21)23-25-7-5-8-26-23/h5,7-8,14-16,18H,4,6,9-13H2,1-3H3. The third-order valence-corrected chi connectivity index (χ3v) is 8.64. The number of pyridine rings is 1. The first-order chi connectivity index (χ1) is 16.9. The van der Waals surface area contributed by atoms with Gasteiger partial charge in [0.25, 0.3) is 0 Å². The van der Waals surface area contributed by atoms with E-state index in [-0.39, 0.29) is 11.8 Å². The first kappa shape index (κ1) is 23.6. The summed E-state index contributed by atoms with van der Waals surface area (Å²) in [5.74, 6) is 2.13. The van der Waals surface area contributed by atoms with Gasteiger partial charge in [0.1, 0.15) is 5.82 Å². The summed E-state index contributed by atoms with van der Waals surface area (Å²) < 4.78 is 26.0. The largest absolute Gasteiger partial charge is 0.369 e. The first-order valence-electron chi connectivity index (χ1n) is 12.0. The predicted molar refractivity (Wildman–Crippen MR) is 135 cm³/mol. The summed E-state index contributed by atoms with van der Waals surface area (Å²) in [6, 6.07) is 6.03. The Balaban J connectivity index is 1.36. The molecule has 184 valence electrons. The number of rotatable bonds is 5. The van der Waals surface area contributed by atoms with E-state index >= 15 is 0 Å². The first-order valence-corrected chi connectivity index (χ1v) is 13.6. The predicted octanol–water partition coefficient (Wildman–Crippen LogP) is 2.23. The number of piperazine rings is 1. The molecule has 3 aromatic rings. The van der Waals surface area contributed by atoms with Gasteiger partial charge in [0, 0.05) is 80.7 Å². The van der Waals surface area contributed by atoms with Crippen molar-refractivity contribution in [3.63, 3.8) is 0 Å². The third-order valence-electron chi connectivity index (χ3n) is 6.75. The molecule has 5 rings (SSSR count). The zero-order chi connectivity index (χ0) is 24.6. The topological polar surface area (TPSA) is 108 Å². The van der Waals surface area contributed by atoms with Crippen LogP contribution in [0.25, 0.3) is 11.6 Å². The molecule has 3 aromatic heterocycles. The van der Waals surface area contributed by atoms with E-state index in [9.17, 15) is 8.42 Å². The number of aryl methyl sites for hydroxylation is 1. The molecule has 35 heavy (non-hydrogen) atoms. The molecule has 10 nitrogen and oxygen atoms in total. The van der Waals surface area contributed by atoms with Gasteiger partial charge >= 0.3 is 0 Å². The lowest BCUT2D eigenvalue weighted by molar-refractivity contribution is 0.385. The van der Waals surface area contributed by atoms with Crippen molar-refractivity contribution >= 4 is 21.5 Å². The van der Waals surface area contributed by atoms with E-state index in [1.54, 1.807) is 29.7 Å². The molecule has 2 aliphatic heterocycles. The molecule has 1 atom stereocenters. The Hall–Kier alpha value is -3.18. The monoisotopic (exact) mass is 494 g/mol. The smallest absolute Gasteiger partial charge is 0.213 e. The second kappa shape index (κ2) is 9.46. The van der Waals surface area contributed by atoms with Gasteiger partial charge in [0.15, 0.2) is 11.6 Å². The van der Waals surface area contributed by atoms with Gasteiger partial charge in [0.05, 0.1) is 17.5 Å². The molecule has 5 heterocycles. The molecule has 0 amide bonds. The minimum atomic E-state index is -3.15. The lowest BCUT2D eigenvalue weighted by atomic mass is 9.99. The molecule has 1 fully saturated rings. The van der Waals surface area contributed by atoms with Crippen LogP contribution in [0.4, 0.5) is 11.5 Å². The van der Waals surface area contributed by atoms with Crippen LogP contribution in [-0.2, 0) is 16.4 Å². The molecule has 0 N–H and O–H groups in total. The number of aromatic nitrogens is 5. The molecule has 1 saturated heterocycles. The van der Waals surface area contributed by atoms with Crippen LogP contribution in [0.15, 0.2) is 36.8 Å². The lowest BCUT2D eigenvalue weighted by Crippen LogP contribution is -2.49. The van der Waals surface area contributed by atoms with E-state index in [0.717, 1.165) is 41.4 Å². The van der Waals surface area contributed by atoms with Gasteiger partial charge in [0.2, 0.25) is 10.0 Å². The van der Waals surface area contributed by atoms with Crippen LogP contribution in [0.1, 0.15) is 36.8 Å². The van der Waals surface area contributed by atoms with Gasteiger partial charge in [-0.3, -0.25) is 0 Å². The fourth-order valence-corrected chi connectivity index (χ4v) is 5.85. The Kier molecular flexibility index (Phi) is 6.37. The minimum Gasteiger partial charge on any atom is -0.369 e. The van der Waals surface area contributed by atoms with E-state index in [1.807, 2.05) is 13.1 Å². The van der Waals surface area contributed by atoms with E-state index in [0.29, 0.717) is 37.8 Å². The number of sulfonamides is 1. The van der Waals surface area contributed by atoms with Crippen LogP contribution in [-0.4, -0.2) is 76.1 Å². The molecule has 0 aliphatic carbocycles. The molecule has 0 bridgehead atoms. The van der Waals surface area contributed by atoms with Crippen LogP contribution >= 0.6 is 0 Å². The van der Waals surface area contributed by atoms with Crippen LogP contribution in [0, 0.1) is 6.92 Å². The van der Waals surface area contributed by atoms with Gasteiger partial charge in [-0.1, -0.05) is 0 Å². The maximum absolute atomic E-state index is 12.2. The minimum absolute atomic E-state index is 0.0678. The summed E-state index contributed by atoms with van der Waals surface area (Å²) >= 11 is 0. The van der Waals surface area contributed by atoms with Crippen LogP contribution in [0.3, 0.4) is 0 Å². The quantitative estimate of drug-likeness (QED) is 0.527. The molecule has 0 spiro atoms. The average Bonchev–Trinajstić information content (AvgIpc) is 2.89. The molecular weight excluding hydrogens is 464 g/mol. The molecule has 2 aliphatic rings. The van der Waals surface area contributed by atoms with Gasteiger partial charge in [-0.15, -0.1) is 0 Å². The van der Waals surface area contributed by atoms with Crippen molar-refractivity contribution < 1.29 is 8.42 Å². The van der Waals surface area contributed by atoms with Gasteiger partial charge in [-0.2, -0.15) is 4.31 Å². The van der Waals surface area contributed by atoms with Crippen molar-refractivity contribution in [2.45, 2.75) is 33.2 Å². The maximum Gasteiger partial charge on any atom is 0.213 e. The van der Waals surface area contributed by atoms with Gasteiger partial charge in [-0.25, -0.2) is 33.3 Å². The summed E-state index contributed by atoms with van der Waals surface area (Å²) in [6.07, 6.45) is 6.05. The van der Waals surface area contributed by atoms with Crippen molar-refractivity contribution in [1.29, 1.82) is 0 Å². The highest BCUT2D eigenvalue weighted by Gasteiger charge is 2.29. The second-order valence-electron chi connectivity index (χ2n) is 8.90. The Morgan fingerprint density at radius 2 is 1.71 bits per heavy atom. The van der Waals surface area contributed by atoms with Crippen molar-refractivity contribution in [3.8, 4) is 11.6 Å². The number of hydrogen-bond donors (Lipinski definition) is 0. The van der Waals surface area contributed by atoms with E-state index < -0.39 is 10.0 Å². The van der Waals surface area contributed by atoms with Crippen molar-refractivity contribution in [1.82, 2.24) is 29.2 Å². The lowest BCUT2D eigenvalue weighted by Gasteiger charge is -2.38. The summed E-state index contributed by atoms with van der Waals surface area (Å²) in [4.78, 5) is 27.2. The highest BCUT2D eigenvalue weighted by Crippen LogP contribution is 2.34. The van der Waals surface area contributed by atoms with Gasteiger partial charge < -0.3 is 9.80 Å². The summed E-state index contributed by atoms with van der Waals surface area (Å²) in [7, 11) is -3.15. The fourth-order valence-electron chi connectivity index (χ4n) is 4.77. The van der Waals surface area contributed by atoms with Crippen molar-refractivity contribution in [2.24, 2.45) is 0 Å². The average molecular weight is 495 g/mol. The highest BCUT2D eigenvalue weighted by molar-refractivity contribution is 7.89. The highest BCUT2D eigenvalue weighted by atomic mass is 32.2.